The molecule has 0 saturated heterocycles. The number of unbranched alkanes of at least 4 members (excludes halogenated alkanes) is 11. The standard InChI is InChI=1S/C21H42O2Si/c1-5-6-7-8-9-10-11-12-13-14-15-16-17-18-19-20-21(22)23-24(2,3)4/h8-9H,5-7,10-20H2,1-4H3/b9-8-. The van der Waals surface area contributed by atoms with Crippen LogP contribution in [0.1, 0.15) is 96.8 Å². The molecule has 0 spiro atoms. The monoisotopic (exact) mass is 354 g/mol. The number of carbonyl (C=O) groups is 1. The number of hydrogen-bond donors (Lipinski definition) is 0. The van der Waals surface area contributed by atoms with Crippen LogP contribution in [0.5, 0.6) is 0 Å². The molecule has 0 N–H and O–H groups in total. The number of carbonyl (C=O) groups excluding carboxylic acids is 1. The van der Waals surface area contributed by atoms with Crippen LogP contribution in [0.25, 0.3) is 0 Å². The normalized spacial score (nSPS) is 12.0. The molecule has 0 aliphatic rings. The molecule has 0 heterocycles. The fourth-order valence-corrected chi connectivity index (χ4v) is 3.50. The molecule has 0 aromatic heterocycles. The van der Waals surface area contributed by atoms with E-state index in [2.05, 4.69) is 38.7 Å². The lowest BCUT2D eigenvalue weighted by atomic mass is 10.1. The maximum Gasteiger partial charge on any atom is 0.292 e. The fourth-order valence-electron chi connectivity index (χ4n) is 2.72. The van der Waals surface area contributed by atoms with E-state index in [9.17, 15) is 4.79 Å². The summed E-state index contributed by atoms with van der Waals surface area (Å²) in [6, 6.07) is 0. The summed E-state index contributed by atoms with van der Waals surface area (Å²) in [4.78, 5) is 11.6. The van der Waals surface area contributed by atoms with Crippen molar-refractivity contribution in [1.29, 1.82) is 0 Å². The van der Waals surface area contributed by atoms with Gasteiger partial charge in [-0.25, -0.2) is 0 Å². The summed E-state index contributed by atoms with van der Waals surface area (Å²) >= 11 is 0. The van der Waals surface area contributed by atoms with Crippen LogP contribution in [0, 0.1) is 0 Å². The van der Waals surface area contributed by atoms with Crippen molar-refractivity contribution in [1.82, 2.24) is 0 Å². The molecule has 0 aromatic carbocycles. The second-order valence-corrected chi connectivity index (χ2v) is 12.3. The molecule has 0 aliphatic carbocycles. The van der Waals surface area contributed by atoms with Crippen molar-refractivity contribution in [2.75, 3.05) is 0 Å². The molecule has 2 nitrogen and oxygen atoms in total. The first kappa shape index (κ1) is 23.4. The molecule has 0 unspecified atom stereocenters. The van der Waals surface area contributed by atoms with E-state index < -0.39 is 8.32 Å². The molecular weight excluding hydrogens is 312 g/mol. The molecule has 24 heavy (non-hydrogen) atoms. The molecular formula is C21H42O2Si. The van der Waals surface area contributed by atoms with Crippen LogP contribution in [0.3, 0.4) is 0 Å². The summed E-state index contributed by atoms with van der Waals surface area (Å²) < 4.78 is 5.45. The summed E-state index contributed by atoms with van der Waals surface area (Å²) in [7, 11) is -1.68. The molecule has 0 rings (SSSR count). The zero-order valence-electron chi connectivity index (χ0n) is 16.9. The van der Waals surface area contributed by atoms with Gasteiger partial charge in [-0.1, -0.05) is 76.9 Å². The Morgan fingerprint density at radius 2 is 1.21 bits per heavy atom. The highest BCUT2D eigenvalue weighted by Gasteiger charge is 2.19. The van der Waals surface area contributed by atoms with E-state index in [-0.39, 0.29) is 5.97 Å². The van der Waals surface area contributed by atoms with E-state index in [0.717, 1.165) is 6.42 Å². The van der Waals surface area contributed by atoms with Crippen molar-refractivity contribution in [3.8, 4) is 0 Å². The molecule has 0 radical (unpaired) electrons. The minimum atomic E-state index is -1.68. The van der Waals surface area contributed by atoms with Gasteiger partial charge in [-0.2, -0.15) is 0 Å². The molecule has 3 heteroatoms. The second kappa shape index (κ2) is 15.9. The van der Waals surface area contributed by atoms with Crippen molar-refractivity contribution >= 4 is 14.3 Å². The minimum Gasteiger partial charge on any atom is -0.520 e. The van der Waals surface area contributed by atoms with Gasteiger partial charge in [-0.15, -0.1) is 0 Å². The molecule has 0 fully saturated rings. The van der Waals surface area contributed by atoms with E-state index >= 15 is 0 Å². The second-order valence-electron chi connectivity index (χ2n) is 7.92. The number of rotatable bonds is 16. The molecule has 0 aromatic rings. The Kier molecular flexibility index (Phi) is 15.5. The van der Waals surface area contributed by atoms with Crippen molar-refractivity contribution in [2.45, 2.75) is 116 Å². The third-order valence-electron chi connectivity index (χ3n) is 4.06. The van der Waals surface area contributed by atoms with E-state index in [1.54, 1.807) is 0 Å². The van der Waals surface area contributed by atoms with Gasteiger partial charge in [0.15, 0.2) is 0 Å². The maximum absolute atomic E-state index is 11.6. The molecule has 0 aliphatic heterocycles. The van der Waals surface area contributed by atoms with Crippen LogP contribution in [-0.4, -0.2) is 14.3 Å². The highest BCUT2D eigenvalue weighted by atomic mass is 28.4. The predicted molar refractivity (Wildman–Crippen MR) is 109 cm³/mol. The Hall–Kier alpha value is -0.573. The molecule has 0 amide bonds. The third-order valence-corrected chi connectivity index (χ3v) is 4.90. The van der Waals surface area contributed by atoms with E-state index in [1.807, 2.05) is 0 Å². The minimum absolute atomic E-state index is 0.0120. The molecule has 0 saturated carbocycles. The summed E-state index contributed by atoms with van der Waals surface area (Å²) in [5.74, 6) is 0.0120. The Morgan fingerprint density at radius 1 is 0.750 bits per heavy atom. The fraction of sp³-hybridized carbons (Fsp3) is 0.857. The lowest BCUT2D eigenvalue weighted by Gasteiger charge is -2.17. The Bertz CT molecular complexity index is 318. The first-order valence-electron chi connectivity index (χ1n) is 10.3. The molecule has 0 bridgehead atoms. The van der Waals surface area contributed by atoms with Crippen LogP contribution in [0.15, 0.2) is 12.2 Å². The zero-order chi connectivity index (χ0) is 18.1. The SMILES string of the molecule is CCCC/C=C\CCCCCCCCCCCC(=O)O[Si](C)(C)C. The van der Waals surface area contributed by atoms with Crippen LogP contribution in [-0.2, 0) is 9.22 Å². The largest absolute Gasteiger partial charge is 0.520 e. The van der Waals surface area contributed by atoms with Gasteiger partial charge < -0.3 is 4.43 Å². The lowest BCUT2D eigenvalue weighted by Crippen LogP contribution is -2.28. The Labute approximate surface area is 152 Å². The summed E-state index contributed by atoms with van der Waals surface area (Å²) in [6.07, 6.45) is 22.0. The van der Waals surface area contributed by atoms with Crippen molar-refractivity contribution in [3.63, 3.8) is 0 Å². The topological polar surface area (TPSA) is 26.3 Å². The van der Waals surface area contributed by atoms with Crippen LogP contribution >= 0.6 is 0 Å². The van der Waals surface area contributed by atoms with Gasteiger partial charge in [-0.05, 0) is 45.3 Å². The lowest BCUT2D eigenvalue weighted by molar-refractivity contribution is -0.135. The molecule has 0 atom stereocenters. The highest BCUT2D eigenvalue weighted by molar-refractivity contribution is 6.71. The smallest absolute Gasteiger partial charge is 0.292 e. The average Bonchev–Trinajstić information content (AvgIpc) is 2.49. The van der Waals surface area contributed by atoms with Crippen molar-refractivity contribution in [3.05, 3.63) is 12.2 Å². The van der Waals surface area contributed by atoms with Crippen molar-refractivity contribution in [2.24, 2.45) is 0 Å². The van der Waals surface area contributed by atoms with Crippen molar-refractivity contribution < 1.29 is 9.22 Å². The predicted octanol–water partition coefficient (Wildman–Crippen LogP) is 7.40. The van der Waals surface area contributed by atoms with Gasteiger partial charge >= 0.3 is 0 Å². The Morgan fingerprint density at radius 3 is 1.71 bits per heavy atom. The zero-order valence-corrected chi connectivity index (χ0v) is 17.9. The maximum atomic E-state index is 11.6. The van der Waals surface area contributed by atoms with E-state index in [1.165, 1.54) is 77.0 Å². The number of hydrogen-bond acceptors (Lipinski definition) is 2. The van der Waals surface area contributed by atoms with Gasteiger partial charge in [0.1, 0.15) is 0 Å². The highest BCUT2D eigenvalue weighted by Crippen LogP contribution is 2.13. The number of allylic oxidation sites excluding steroid dienone is 2. The van der Waals surface area contributed by atoms with E-state index in [4.69, 9.17) is 4.43 Å². The van der Waals surface area contributed by atoms with Gasteiger partial charge in [0.25, 0.3) is 5.97 Å². The quantitative estimate of drug-likeness (QED) is 0.164. The first-order chi connectivity index (χ1) is 11.5. The van der Waals surface area contributed by atoms with Crippen LogP contribution in [0.2, 0.25) is 19.6 Å². The first-order valence-corrected chi connectivity index (χ1v) is 13.7. The van der Waals surface area contributed by atoms with E-state index in [0.29, 0.717) is 6.42 Å². The Balaban J connectivity index is 3.20. The molecule has 142 valence electrons. The van der Waals surface area contributed by atoms with Gasteiger partial charge in [-0.3, -0.25) is 4.79 Å². The van der Waals surface area contributed by atoms with Gasteiger partial charge in [0.2, 0.25) is 8.32 Å². The third kappa shape index (κ3) is 19.5. The van der Waals surface area contributed by atoms with Gasteiger partial charge in [0, 0.05) is 6.42 Å². The van der Waals surface area contributed by atoms with Gasteiger partial charge in [0.05, 0.1) is 0 Å². The summed E-state index contributed by atoms with van der Waals surface area (Å²) in [5.41, 5.74) is 0. The van der Waals surface area contributed by atoms with Crippen LogP contribution in [0.4, 0.5) is 0 Å². The summed E-state index contributed by atoms with van der Waals surface area (Å²) in [5, 5.41) is 0. The average molecular weight is 355 g/mol. The van der Waals surface area contributed by atoms with Crippen LogP contribution < -0.4 is 0 Å². The summed E-state index contributed by atoms with van der Waals surface area (Å²) in [6.45, 7) is 8.44.